The number of likely N-dealkylation sites (N-methyl/N-ethyl adjacent to an activating group) is 1. The summed E-state index contributed by atoms with van der Waals surface area (Å²) in [6.07, 6.45) is 2.68. The van der Waals surface area contributed by atoms with Crippen LogP contribution in [0.2, 0.25) is 0 Å². The average molecular weight is 258 g/mol. The Kier molecular flexibility index (Phi) is 8.20. The van der Waals surface area contributed by atoms with Crippen molar-refractivity contribution in [1.29, 1.82) is 0 Å². The summed E-state index contributed by atoms with van der Waals surface area (Å²) in [5.74, 6) is 0. The molecule has 1 aliphatic heterocycles. The predicted molar refractivity (Wildman–Crippen MR) is 75.7 cm³/mol. The Morgan fingerprint density at radius 3 is 2.17 bits per heavy atom. The quantitative estimate of drug-likeness (QED) is 0.706. The molecular formula is C14H30N2O2. The van der Waals surface area contributed by atoms with Gasteiger partial charge in [-0.3, -0.25) is 4.79 Å². The zero-order valence-corrected chi connectivity index (χ0v) is 12.9. The molecule has 1 saturated heterocycles. The smallest absolute Gasteiger partial charge is 0.293 e. The maximum Gasteiger partial charge on any atom is 0.293 e. The minimum Gasteiger partial charge on any atom is -0.462 e. The van der Waals surface area contributed by atoms with Gasteiger partial charge < -0.3 is 14.5 Å². The molecule has 0 aromatic heterocycles. The van der Waals surface area contributed by atoms with Crippen LogP contribution in [-0.4, -0.2) is 61.6 Å². The SMILES string of the molecule is CC(C)(C)OC=O.CCCCN1CC(N(C)C)C1. The third-order valence-electron chi connectivity index (χ3n) is 2.90. The maximum absolute atomic E-state index is 9.60. The zero-order chi connectivity index (χ0) is 14.2. The van der Waals surface area contributed by atoms with Crippen LogP contribution in [0.25, 0.3) is 0 Å². The van der Waals surface area contributed by atoms with E-state index >= 15 is 0 Å². The second-order valence-corrected chi connectivity index (χ2v) is 6.06. The second kappa shape index (κ2) is 8.48. The lowest BCUT2D eigenvalue weighted by Crippen LogP contribution is -2.57. The summed E-state index contributed by atoms with van der Waals surface area (Å²) >= 11 is 0. The molecule has 1 aliphatic rings. The first-order chi connectivity index (χ1) is 8.30. The average Bonchev–Trinajstić information content (AvgIpc) is 2.13. The molecule has 0 spiro atoms. The summed E-state index contributed by atoms with van der Waals surface area (Å²) < 4.78 is 4.55. The molecule has 0 saturated carbocycles. The van der Waals surface area contributed by atoms with Gasteiger partial charge in [0.25, 0.3) is 6.47 Å². The van der Waals surface area contributed by atoms with Crippen LogP contribution >= 0.6 is 0 Å². The lowest BCUT2D eigenvalue weighted by molar-refractivity contribution is -0.138. The van der Waals surface area contributed by atoms with Crippen LogP contribution in [0.5, 0.6) is 0 Å². The largest absolute Gasteiger partial charge is 0.462 e. The lowest BCUT2D eigenvalue weighted by atomic mass is 10.1. The summed E-state index contributed by atoms with van der Waals surface area (Å²) in [4.78, 5) is 14.5. The minimum atomic E-state index is -0.318. The second-order valence-electron chi connectivity index (χ2n) is 6.06. The van der Waals surface area contributed by atoms with Gasteiger partial charge in [-0.1, -0.05) is 13.3 Å². The predicted octanol–water partition coefficient (Wildman–Crippen LogP) is 1.99. The molecule has 0 aromatic rings. The van der Waals surface area contributed by atoms with E-state index in [1.807, 2.05) is 20.8 Å². The van der Waals surface area contributed by atoms with Crippen LogP contribution in [0.1, 0.15) is 40.5 Å². The molecule has 0 aliphatic carbocycles. The van der Waals surface area contributed by atoms with E-state index in [-0.39, 0.29) is 5.60 Å². The van der Waals surface area contributed by atoms with E-state index in [9.17, 15) is 4.79 Å². The maximum atomic E-state index is 9.60. The highest BCUT2D eigenvalue weighted by atomic mass is 16.5. The van der Waals surface area contributed by atoms with Gasteiger partial charge in [-0.2, -0.15) is 0 Å². The Hall–Kier alpha value is -0.610. The molecule has 4 heteroatoms. The van der Waals surface area contributed by atoms with Crippen molar-refractivity contribution in [3.05, 3.63) is 0 Å². The number of hydrogen-bond acceptors (Lipinski definition) is 4. The summed E-state index contributed by atoms with van der Waals surface area (Å²) in [7, 11) is 4.34. The fourth-order valence-electron chi connectivity index (χ4n) is 1.58. The van der Waals surface area contributed by atoms with E-state index in [2.05, 4.69) is 35.6 Å². The van der Waals surface area contributed by atoms with Gasteiger partial charge in [-0.05, 0) is 47.8 Å². The Morgan fingerprint density at radius 2 is 1.89 bits per heavy atom. The molecule has 0 unspecified atom stereocenters. The highest BCUT2D eigenvalue weighted by Gasteiger charge is 2.26. The van der Waals surface area contributed by atoms with E-state index < -0.39 is 0 Å². The van der Waals surface area contributed by atoms with Gasteiger partial charge in [-0.25, -0.2) is 0 Å². The van der Waals surface area contributed by atoms with Crippen LogP contribution in [0.3, 0.4) is 0 Å². The first kappa shape index (κ1) is 17.4. The lowest BCUT2D eigenvalue weighted by Gasteiger charge is -2.42. The van der Waals surface area contributed by atoms with E-state index in [4.69, 9.17) is 0 Å². The van der Waals surface area contributed by atoms with Crippen LogP contribution in [0.4, 0.5) is 0 Å². The molecule has 0 N–H and O–H groups in total. The van der Waals surface area contributed by atoms with Gasteiger partial charge in [0, 0.05) is 19.1 Å². The Bertz CT molecular complexity index is 218. The number of nitrogens with zero attached hydrogens (tertiary/aromatic N) is 2. The van der Waals surface area contributed by atoms with Gasteiger partial charge in [0.1, 0.15) is 5.60 Å². The van der Waals surface area contributed by atoms with Crippen molar-refractivity contribution in [1.82, 2.24) is 9.80 Å². The molecule has 1 fully saturated rings. The van der Waals surface area contributed by atoms with Crippen molar-refractivity contribution >= 4 is 6.47 Å². The summed E-state index contributed by atoms with van der Waals surface area (Å²) in [5, 5.41) is 0. The fourth-order valence-corrected chi connectivity index (χ4v) is 1.58. The molecule has 18 heavy (non-hydrogen) atoms. The Labute approximate surface area is 112 Å². The highest BCUT2D eigenvalue weighted by Crippen LogP contribution is 2.12. The fraction of sp³-hybridized carbons (Fsp3) is 0.929. The molecule has 108 valence electrons. The van der Waals surface area contributed by atoms with Crippen LogP contribution in [-0.2, 0) is 9.53 Å². The van der Waals surface area contributed by atoms with Crippen molar-refractivity contribution in [2.75, 3.05) is 33.7 Å². The number of rotatable bonds is 5. The summed E-state index contributed by atoms with van der Waals surface area (Å²) in [6, 6.07) is 0.826. The van der Waals surface area contributed by atoms with Crippen LogP contribution in [0.15, 0.2) is 0 Å². The number of unbranched alkanes of at least 4 members (excludes halogenated alkanes) is 1. The van der Waals surface area contributed by atoms with Gasteiger partial charge in [0.2, 0.25) is 0 Å². The zero-order valence-electron chi connectivity index (χ0n) is 12.9. The first-order valence-corrected chi connectivity index (χ1v) is 6.80. The molecule has 0 radical (unpaired) electrons. The standard InChI is InChI=1S/C9H20N2.C5H10O2/c1-4-5-6-11-7-9(8-11)10(2)3;1-5(2,3)7-4-6/h9H,4-8H2,1-3H3;4H,1-3H3. The van der Waals surface area contributed by atoms with E-state index in [1.54, 1.807) is 0 Å². The Morgan fingerprint density at radius 1 is 1.33 bits per heavy atom. The van der Waals surface area contributed by atoms with Crippen molar-refractivity contribution < 1.29 is 9.53 Å². The van der Waals surface area contributed by atoms with Crippen molar-refractivity contribution in [2.45, 2.75) is 52.2 Å². The molecular weight excluding hydrogens is 228 g/mol. The van der Waals surface area contributed by atoms with Crippen molar-refractivity contribution in [3.8, 4) is 0 Å². The number of carbonyl (C=O) groups is 1. The molecule has 0 aromatic carbocycles. The first-order valence-electron chi connectivity index (χ1n) is 6.80. The third-order valence-corrected chi connectivity index (χ3v) is 2.90. The molecule has 0 bridgehead atoms. The van der Waals surface area contributed by atoms with Crippen molar-refractivity contribution in [2.24, 2.45) is 0 Å². The number of hydrogen-bond donors (Lipinski definition) is 0. The van der Waals surface area contributed by atoms with Crippen molar-refractivity contribution in [3.63, 3.8) is 0 Å². The van der Waals surface area contributed by atoms with Crippen LogP contribution < -0.4 is 0 Å². The van der Waals surface area contributed by atoms with Gasteiger partial charge in [0.15, 0.2) is 0 Å². The van der Waals surface area contributed by atoms with E-state index in [0.29, 0.717) is 6.47 Å². The summed E-state index contributed by atoms with van der Waals surface area (Å²) in [6.45, 7) is 12.0. The van der Waals surface area contributed by atoms with E-state index in [1.165, 1.54) is 32.5 Å². The minimum absolute atomic E-state index is 0.318. The summed E-state index contributed by atoms with van der Waals surface area (Å²) in [5.41, 5.74) is -0.318. The number of ether oxygens (including phenoxy) is 1. The topological polar surface area (TPSA) is 32.8 Å². The third kappa shape index (κ3) is 8.48. The molecule has 0 amide bonds. The molecule has 0 atom stereocenters. The molecule has 1 rings (SSSR count). The van der Waals surface area contributed by atoms with E-state index in [0.717, 1.165) is 6.04 Å². The number of carbonyl (C=O) groups excluding carboxylic acids is 1. The monoisotopic (exact) mass is 258 g/mol. The van der Waals surface area contributed by atoms with Gasteiger partial charge >= 0.3 is 0 Å². The number of likely N-dealkylation sites (tertiary alicyclic amines) is 1. The highest BCUT2D eigenvalue weighted by molar-refractivity contribution is 5.37. The van der Waals surface area contributed by atoms with Gasteiger partial charge in [0.05, 0.1) is 0 Å². The molecule has 1 heterocycles. The molecule has 4 nitrogen and oxygen atoms in total. The van der Waals surface area contributed by atoms with Gasteiger partial charge in [-0.15, -0.1) is 0 Å². The normalized spacial score (nSPS) is 16.8. The van der Waals surface area contributed by atoms with Crippen LogP contribution in [0, 0.1) is 0 Å². The Balaban J connectivity index is 0.000000360.